The summed E-state index contributed by atoms with van der Waals surface area (Å²) in [7, 11) is 3.59. The number of aliphatic hydroxyl groups is 1. The SMILES string of the molecule is COc1ccc(OCC(=O)N2CCn3c(nnc3C3CC(O)CN3C)C2)cc1. The van der Waals surface area contributed by atoms with Crippen LogP contribution in [0.25, 0.3) is 0 Å². The molecule has 4 rings (SSSR count). The van der Waals surface area contributed by atoms with Gasteiger partial charge in [0.05, 0.1) is 25.8 Å². The van der Waals surface area contributed by atoms with E-state index < -0.39 is 0 Å². The Hall–Kier alpha value is -2.65. The minimum absolute atomic E-state index is 0.0229. The number of rotatable bonds is 5. The van der Waals surface area contributed by atoms with Gasteiger partial charge in [0.25, 0.3) is 5.91 Å². The van der Waals surface area contributed by atoms with E-state index in [2.05, 4.69) is 19.7 Å². The molecule has 1 fully saturated rings. The van der Waals surface area contributed by atoms with Crippen LogP contribution < -0.4 is 9.47 Å². The zero-order valence-electron chi connectivity index (χ0n) is 16.1. The number of likely N-dealkylation sites (tertiary alicyclic amines) is 1. The quantitative estimate of drug-likeness (QED) is 0.796. The Kier molecular flexibility index (Phi) is 5.19. The van der Waals surface area contributed by atoms with Gasteiger partial charge < -0.3 is 24.0 Å². The summed E-state index contributed by atoms with van der Waals surface area (Å²) in [5.41, 5.74) is 0. The van der Waals surface area contributed by atoms with Crippen LogP contribution in [0.2, 0.25) is 0 Å². The first-order valence-electron chi connectivity index (χ1n) is 9.40. The second-order valence-electron chi connectivity index (χ2n) is 7.25. The topological polar surface area (TPSA) is 93.0 Å². The van der Waals surface area contributed by atoms with Crippen molar-refractivity contribution in [2.24, 2.45) is 0 Å². The molecular weight excluding hydrogens is 362 g/mol. The number of hydrogen-bond donors (Lipinski definition) is 1. The monoisotopic (exact) mass is 387 g/mol. The van der Waals surface area contributed by atoms with Gasteiger partial charge in [0.15, 0.2) is 18.3 Å². The molecule has 2 unspecified atom stereocenters. The molecule has 9 nitrogen and oxygen atoms in total. The number of β-amino-alcohol motifs (C(OH)–C–C–N with tert-alkyl or cyclic N) is 1. The van der Waals surface area contributed by atoms with E-state index >= 15 is 0 Å². The van der Waals surface area contributed by atoms with Crippen molar-refractivity contribution in [3.63, 3.8) is 0 Å². The van der Waals surface area contributed by atoms with Crippen molar-refractivity contribution in [3.05, 3.63) is 35.9 Å². The minimum Gasteiger partial charge on any atom is -0.497 e. The van der Waals surface area contributed by atoms with Gasteiger partial charge in [0.1, 0.15) is 11.5 Å². The molecular formula is C19H25N5O4. The van der Waals surface area contributed by atoms with Gasteiger partial charge in [-0.05, 0) is 37.7 Å². The van der Waals surface area contributed by atoms with Gasteiger partial charge in [0, 0.05) is 19.6 Å². The van der Waals surface area contributed by atoms with E-state index in [0.717, 1.165) is 17.4 Å². The average molecular weight is 387 g/mol. The van der Waals surface area contributed by atoms with Crippen molar-refractivity contribution in [1.29, 1.82) is 0 Å². The summed E-state index contributed by atoms with van der Waals surface area (Å²) in [5, 5.41) is 18.5. The van der Waals surface area contributed by atoms with E-state index in [0.29, 0.717) is 38.3 Å². The Bertz CT molecular complexity index is 837. The summed E-state index contributed by atoms with van der Waals surface area (Å²) >= 11 is 0. The maximum absolute atomic E-state index is 12.5. The van der Waals surface area contributed by atoms with Crippen LogP contribution in [-0.2, 0) is 17.9 Å². The first kappa shape index (κ1) is 18.7. The maximum Gasteiger partial charge on any atom is 0.260 e. The molecule has 1 aromatic heterocycles. The van der Waals surface area contributed by atoms with Crippen LogP contribution in [-0.4, -0.2) is 75.5 Å². The number of carbonyl (C=O) groups excluding carboxylic acids is 1. The highest BCUT2D eigenvalue weighted by Crippen LogP contribution is 2.30. The summed E-state index contributed by atoms with van der Waals surface area (Å²) in [6, 6.07) is 7.20. The minimum atomic E-state index is -0.334. The van der Waals surface area contributed by atoms with E-state index in [1.54, 1.807) is 36.3 Å². The number of aromatic nitrogens is 3. The van der Waals surface area contributed by atoms with Crippen molar-refractivity contribution in [3.8, 4) is 11.5 Å². The fourth-order valence-corrected chi connectivity index (χ4v) is 3.82. The number of aliphatic hydroxyl groups excluding tert-OH is 1. The molecule has 1 aromatic carbocycles. The number of benzene rings is 1. The number of fused-ring (bicyclic) bond motifs is 1. The lowest BCUT2D eigenvalue weighted by molar-refractivity contribution is -0.134. The zero-order valence-corrected chi connectivity index (χ0v) is 16.1. The summed E-state index contributed by atoms with van der Waals surface area (Å²) in [6.07, 6.45) is 0.326. The standard InChI is InChI=1S/C19H25N5O4/c1-22-10-13(25)9-16(22)19-21-20-17-11-23(7-8-24(17)19)18(26)12-28-15-5-3-14(27-2)4-6-15/h3-6,13,16,25H,7-12H2,1-2H3. The molecule has 28 heavy (non-hydrogen) atoms. The van der Waals surface area contributed by atoms with Crippen molar-refractivity contribution in [2.75, 3.05) is 33.9 Å². The van der Waals surface area contributed by atoms with E-state index in [1.807, 2.05) is 7.05 Å². The van der Waals surface area contributed by atoms with Crippen LogP contribution >= 0.6 is 0 Å². The Morgan fingerprint density at radius 1 is 1.21 bits per heavy atom. The smallest absolute Gasteiger partial charge is 0.260 e. The third kappa shape index (κ3) is 3.67. The molecule has 0 spiro atoms. The molecule has 0 saturated carbocycles. The Balaban J connectivity index is 1.36. The highest BCUT2D eigenvalue weighted by molar-refractivity contribution is 5.77. The Morgan fingerprint density at radius 3 is 2.64 bits per heavy atom. The molecule has 2 aromatic rings. The van der Waals surface area contributed by atoms with Gasteiger partial charge in [-0.25, -0.2) is 0 Å². The van der Waals surface area contributed by atoms with Crippen molar-refractivity contribution >= 4 is 5.91 Å². The van der Waals surface area contributed by atoms with Crippen LogP contribution in [0, 0.1) is 0 Å². The fraction of sp³-hybridized carbons (Fsp3) is 0.526. The first-order valence-corrected chi connectivity index (χ1v) is 9.40. The number of methoxy groups -OCH3 is 1. The zero-order chi connectivity index (χ0) is 19.7. The van der Waals surface area contributed by atoms with Gasteiger partial charge in [0.2, 0.25) is 0 Å². The predicted molar refractivity (Wildman–Crippen MR) is 99.9 cm³/mol. The number of carbonyl (C=O) groups is 1. The highest BCUT2D eigenvalue weighted by Gasteiger charge is 2.35. The Labute approximate surface area is 163 Å². The van der Waals surface area contributed by atoms with Crippen LogP contribution in [0.1, 0.15) is 24.1 Å². The molecule has 2 aliphatic heterocycles. The highest BCUT2D eigenvalue weighted by atomic mass is 16.5. The molecule has 0 aliphatic carbocycles. The lowest BCUT2D eigenvalue weighted by atomic mass is 10.2. The first-order chi connectivity index (χ1) is 13.5. The number of amides is 1. The third-order valence-corrected chi connectivity index (χ3v) is 5.38. The summed E-state index contributed by atoms with van der Waals surface area (Å²) in [6.45, 7) is 2.26. The molecule has 9 heteroatoms. The van der Waals surface area contributed by atoms with Crippen molar-refractivity contribution in [2.45, 2.75) is 31.7 Å². The Morgan fingerprint density at radius 2 is 1.96 bits per heavy atom. The molecule has 3 heterocycles. The molecule has 2 atom stereocenters. The largest absolute Gasteiger partial charge is 0.497 e. The summed E-state index contributed by atoms with van der Waals surface area (Å²) < 4.78 is 12.8. The molecule has 150 valence electrons. The van der Waals surface area contributed by atoms with Gasteiger partial charge in [-0.3, -0.25) is 9.69 Å². The number of hydrogen-bond acceptors (Lipinski definition) is 7. The molecule has 0 bridgehead atoms. The van der Waals surface area contributed by atoms with Crippen LogP contribution in [0.15, 0.2) is 24.3 Å². The fourth-order valence-electron chi connectivity index (χ4n) is 3.82. The average Bonchev–Trinajstić information content (AvgIpc) is 3.27. The van der Waals surface area contributed by atoms with E-state index in [1.165, 1.54) is 0 Å². The van der Waals surface area contributed by atoms with Crippen molar-refractivity contribution < 1.29 is 19.4 Å². The molecule has 1 saturated heterocycles. The number of nitrogens with zero attached hydrogens (tertiary/aromatic N) is 5. The number of likely N-dealkylation sites (N-methyl/N-ethyl adjacent to an activating group) is 1. The van der Waals surface area contributed by atoms with Gasteiger partial charge in [-0.2, -0.15) is 0 Å². The lowest BCUT2D eigenvalue weighted by Crippen LogP contribution is -2.41. The third-order valence-electron chi connectivity index (χ3n) is 5.38. The maximum atomic E-state index is 12.5. The molecule has 1 amide bonds. The van der Waals surface area contributed by atoms with Crippen LogP contribution in [0.4, 0.5) is 0 Å². The predicted octanol–water partition coefficient (Wildman–Crippen LogP) is 0.445. The van der Waals surface area contributed by atoms with E-state index in [-0.39, 0.29) is 24.7 Å². The van der Waals surface area contributed by atoms with E-state index in [9.17, 15) is 9.90 Å². The summed E-state index contributed by atoms with van der Waals surface area (Å²) in [5.74, 6) is 2.93. The normalized spacial score (nSPS) is 22.2. The van der Waals surface area contributed by atoms with Crippen LogP contribution in [0.3, 0.4) is 0 Å². The van der Waals surface area contributed by atoms with Crippen molar-refractivity contribution in [1.82, 2.24) is 24.6 Å². The van der Waals surface area contributed by atoms with Gasteiger partial charge in [-0.15, -0.1) is 10.2 Å². The molecule has 1 N–H and O–H groups in total. The summed E-state index contributed by atoms with van der Waals surface area (Å²) in [4.78, 5) is 16.4. The number of ether oxygens (including phenoxy) is 2. The molecule has 0 radical (unpaired) electrons. The van der Waals surface area contributed by atoms with Gasteiger partial charge in [-0.1, -0.05) is 0 Å². The van der Waals surface area contributed by atoms with Gasteiger partial charge >= 0.3 is 0 Å². The van der Waals surface area contributed by atoms with Crippen LogP contribution in [0.5, 0.6) is 11.5 Å². The second-order valence-corrected chi connectivity index (χ2v) is 7.25. The second kappa shape index (κ2) is 7.76. The lowest BCUT2D eigenvalue weighted by Gasteiger charge is -2.29. The van der Waals surface area contributed by atoms with E-state index in [4.69, 9.17) is 9.47 Å². The molecule has 2 aliphatic rings.